The van der Waals surface area contributed by atoms with Crippen LogP contribution in [-0.2, 0) is 37.5 Å². The van der Waals surface area contributed by atoms with Crippen LogP contribution in [0.4, 0.5) is 0 Å². The molecule has 0 rings (SSSR count). The van der Waals surface area contributed by atoms with Gasteiger partial charge in [0.1, 0.15) is 19.8 Å². The van der Waals surface area contributed by atoms with Crippen LogP contribution in [0.25, 0.3) is 0 Å². The average Bonchev–Trinajstić information content (AvgIpc) is 3.18. The predicted molar refractivity (Wildman–Crippen MR) is 243 cm³/mol. The van der Waals surface area contributed by atoms with Crippen molar-refractivity contribution in [3.8, 4) is 0 Å². The molecule has 0 aromatic heterocycles. The van der Waals surface area contributed by atoms with Gasteiger partial charge in [0.05, 0.1) is 27.7 Å². The highest BCUT2D eigenvalue weighted by Crippen LogP contribution is 2.43. The number of esters is 2. The smallest absolute Gasteiger partial charge is 0.462 e. The number of quaternary nitrogens is 1. The highest BCUT2D eigenvalue weighted by molar-refractivity contribution is 7.47. The van der Waals surface area contributed by atoms with Gasteiger partial charge in [-0.2, -0.15) is 0 Å². The number of carbonyl (C=O) groups excluding carboxylic acids is 3. The average molecular weight is 845 g/mol. The molecule has 0 saturated heterocycles. The molecule has 0 aromatic carbocycles. The summed E-state index contributed by atoms with van der Waals surface area (Å²) in [4.78, 5) is 47.1. The zero-order chi connectivity index (χ0) is 43.7. The second-order valence-electron chi connectivity index (χ2n) is 15.4. The lowest BCUT2D eigenvalue weighted by Gasteiger charge is -2.24. The van der Waals surface area contributed by atoms with Crippen LogP contribution in [0, 0.1) is 0 Å². The second kappa shape index (κ2) is 38.8. The maximum atomic E-state index is 12.7. The van der Waals surface area contributed by atoms with Gasteiger partial charge in [0.25, 0.3) is 0 Å². The van der Waals surface area contributed by atoms with Crippen molar-refractivity contribution in [1.82, 2.24) is 0 Å². The first-order chi connectivity index (χ1) is 28.4. The van der Waals surface area contributed by atoms with Crippen LogP contribution in [0.2, 0.25) is 0 Å². The Balaban J connectivity index is 4.62. The van der Waals surface area contributed by atoms with Gasteiger partial charge < -0.3 is 18.9 Å². The van der Waals surface area contributed by atoms with Crippen LogP contribution in [0.3, 0.4) is 0 Å². The number of phosphoric acid groups is 1. The highest BCUT2D eigenvalue weighted by atomic mass is 31.2. The zero-order valence-corrected chi connectivity index (χ0v) is 38.1. The van der Waals surface area contributed by atoms with Crippen molar-refractivity contribution >= 4 is 25.5 Å². The Morgan fingerprint density at radius 3 is 1.61 bits per heavy atom. The number of rotatable bonds is 38. The summed E-state index contributed by atoms with van der Waals surface area (Å²) in [5.41, 5.74) is 0. The number of likely N-dealkylation sites (N-methyl/N-ethyl adjacent to an activating group) is 1. The standard InChI is InChI=1S/C48H78NO9P/c1-6-8-10-11-12-13-14-15-16-17-18-19-22-25-28-31-35-39-47(51)55-43-46(44-57-59(53,54)56-42-41-49(3,4)5)58-48(52)40-36-32-29-26-23-20-21-24-27-30-34-38-45(50)37-33-9-7-2/h12-13,15-16,18-21,25-30,34,38,46H,6-11,14,17,22-24,31-33,35-37,39-44H2,1-5H3/p+1/b13-12-,16-15-,19-18-,21-20-,28-25-,29-26-,30-27-,38-34+/t46-/m1/s1. The first-order valence-electron chi connectivity index (χ1n) is 21.9. The van der Waals surface area contributed by atoms with Gasteiger partial charge in [0, 0.05) is 19.3 Å². The van der Waals surface area contributed by atoms with Crippen molar-refractivity contribution in [1.29, 1.82) is 0 Å². The van der Waals surface area contributed by atoms with Crippen molar-refractivity contribution in [3.63, 3.8) is 0 Å². The fourth-order valence-electron chi connectivity index (χ4n) is 5.07. The van der Waals surface area contributed by atoms with Gasteiger partial charge in [0.15, 0.2) is 11.9 Å². The molecular weight excluding hydrogens is 765 g/mol. The molecule has 0 heterocycles. The van der Waals surface area contributed by atoms with E-state index in [-0.39, 0.29) is 31.8 Å². The van der Waals surface area contributed by atoms with E-state index < -0.39 is 32.5 Å². The van der Waals surface area contributed by atoms with E-state index in [9.17, 15) is 23.8 Å². The van der Waals surface area contributed by atoms with Gasteiger partial charge in [0.2, 0.25) is 0 Å². The van der Waals surface area contributed by atoms with Crippen molar-refractivity contribution in [2.75, 3.05) is 47.5 Å². The summed E-state index contributed by atoms with van der Waals surface area (Å²) < 4.78 is 34.1. The summed E-state index contributed by atoms with van der Waals surface area (Å²) in [5.74, 6) is -0.812. The van der Waals surface area contributed by atoms with Gasteiger partial charge in [-0.1, -0.05) is 131 Å². The zero-order valence-electron chi connectivity index (χ0n) is 37.2. The lowest BCUT2D eigenvalue weighted by atomic mass is 10.1. The molecule has 2 atom stereocenters. The van der Waals surface area contributed by atoms with Gasteiger partial charge in [-0.15, -0.1) is 0 Å². The molecule has 10 nitrogen and oxygen atoms in total. The lowest BCUT2D eigenvalue weighted by Crippen LogP contribution is -2.37. The Bertz CT molecular complexity index is 1380. The molecule has 0 spiro atoms. The van der Waals surface area contributed by atoms with Crippen LogP contribution in [0.1, 0.15) is 136 Å². The minimum Gasteiger partial charge on any atom is -0.462 e. The minimum absolute atomic E-state index is 0.00338. The molecule has 0 aliphatic carbocycles. The molecule has 1 unspecified atom stereocenters. The fourth-order valence-corrected chi connectivity index (χ4v) is 5.81. The predicted octanol–water partition coefficient (Wildman–Crippen LogP) is 11.8. The van der Waals surface area contributed by atoms with Crippen molar-refractivity contribution in [2.24, 2.45) is 0 Å². The molecule has 11 heteroatoms. The molecule has 0 radical (unpaired) electrons. The number of nitrogens with zero attached hydrogens (tertiary/aromatic N) is 1. The third kappa shape index (κ3) is 42.5. The SMILES string of the molecule is CCCCC/C=C\C/C=C\C/C=C\C/C=C\CCCC(=O)OC[C@H](COP(=O)(O)OCC[N+](C)(C)C)OC(=O)CCC/C=C\C/C=C\C/C=C\C=C\C(=O)CCCCC. The van der Waals surface area contributed by atoms with E-state index in [1.807, 2.05) is 51.5 Å². The second-order valence-corrected chi connectivity index (χ2v) is 16.9. The summed E-state index contributed by atoms with van der Waals surface area (Å²) in [6.45, 7) is 4.05. The number of ether oxygens (including phenoxy) is 2. The molecule has 0 bridgehead atoms. The molecule has 334 valence electrons. The van der Waals surface area contributed by atoms with Crippen LogP contribution >= 0.6 is 7.82 Å². The van der Waals surface area contributed by atoms with Gasteiger partial charge in [-0.05, 0) is 83.1 Å². The van der Waals surface area contributed by atoms with Gasteiger partial charge in [-0.25, -0.2) is 4.57 Å². The number of hydrogen-bond acceptors (Lipinski definition) is 8. The maximum Gasteiger partial charge on any atom is 0.472 e. The summed E-state index contributed by atoms with van der Waals surface area (Å²) in [6.07, 6.45) is 47.4. The highest BCUT2D eigenvalue weighted by Gasteiger charge is 2.27. The molecule has 0 aromatic rings. The Labute approximate surface area is 358 Å². The first-order valence-corrected chi connectivity index (χ1v) is 23.4. The largest absolute Gasteiger partial charge is 0.472 e. The van der Waals surface area contributed by atoms with Crippen molar-refractivity contribution in [2.45, 2.75) is 142 Å². The van der Waals surface area contributed by atoms with Crippen LogP contribution in [-0.4, -0.2) is 80.7 Å². The Kier molecular flexibility index (Phi) is 36.5. The monoisotopic (exact) mass is 845 g/mol. The van der Waals surface area contributed by atoms with Crippen molar-refractivity contribution < 1.29 is 46.8 Å². The number of ketones is 1. The van der Waals surface area contributed by atoms with Gasteiger partial charge in [-0.3, -0.25) is 23.4 Å². The molecule has 0 saturated carbocycles. The molecular formula is C48H79NO9P+. The van der Waals surface area contributed by atoms with E-state index in [0.29, 0.717) is 36.7 Å². The van der Waals surface area contributed by atoms with Crippen LogP contribution in [0.5, 0.6) is 0 Å². The molecule has 1 N–H and O–H groups in total. The Hall–Kier alpha value is -3.40. The van der Waals surface area contributed by atoms with E-state index >= 15 is 0 Å². The fraction of sp³-hybridized carbons (Fsp3) is 0.604. The molecule has 0 aliphatic heterocycles. The summed E-state index contributed by atoms with van der Waals surface area (Å²) >= 11 is 0. The number of carbonyl (C=O) groups is 3. The summed E-state index contributed by atoms with van der Waals surface area (Å²) in [5, 5.41) is 0. The van der Waals surface area contributed by atoms with Crippen LogP contribution in [0.15, 0.2) is 97.2 Å². The topological polar surface area (TPSA) is 125 Å². The molecule has 0 aliphatic rings. The van der Waals surface area contributed by atoms with Crippen LogP contribution < -0.4 is 0 Å². The van der Waals surface area contributed by atoms with Gasteiger partial charge >= 0.3 is 19.8 Å². The lowest BCUT2D eigenvalue weighted by molar-refractivity contribution is -0.870. The molecule has 0 amide bonds. The third-order valence-electron chi connectivity index (χ3n) is 8.56. The quantitative estimate of drug-likeness (QED) is 0.0123. The van der Waals surface area contributed by atoms with E-state index in [0.717, 1.165) is 64.2 Å². The summed E-state index contributed by atoms with van der Waals surface area (Å²) in [7, 11) is 1.36. The van der Waals surface area contributed by atoms with E-state index in [2.05, 4.69) is 68.5 Å². The van der Waals surface area contributed by atoms with E-state index in [4.69, 9.17) is 18.5 Å². The number of unbranched alkanes of at least 4 members (excludes halogenated alkanes) is 7. The Morgan fingerprint density at radius 1 is 0.576 bits per heavy atom. The Morgan fingerprint density at radius 2 is 1.07 bits per heavy atom. The minimum atomic E-state index is -4.42. The van der Waals surface area contributed by atoms with E-state index in [1.165, 1.54) is 19.3 Å². The summed E-state index contributed by atoms with van der Waals surface area (Å²) in [6, 6.07) is 0. The number of hydrogen-bond donors (Lipinski definition) is 1. The normalized spacial score (nSPS) is 14.4. The first kappa shape index (κ1) is 55.6. The molecule has 0 fully saturated rings. The third-order valence-corrected chi connectivity index (χ3v) is 9.55. The molecule has 59 heavy (non-hydrogen) atoms. The maximum absolute atomic E-state index is 12.7. The number of allylic oxidation sites excluding steroid dienone is 16. The van der Waals surface area contributed by atoms with Crippen molar-refractivity contribution in [3.05, 3.63) is 97.2 Å². The van der Waals surface area contributed by atoms with E-state index in [1.54, 1.807) is 12.2 Å². The number of phosphoric ester groups is 1.